The van der Waals surface area contributed by atoms with Crippen molar-refractivity contribution in [2.45, 2.75) is 64.6 Å². The molecule has 1 heterocycles. The third kappa shape index (κ3) is 3.19. The van der Waals surface area contributed by atoms with Crippen LogP contribution in [0.4, 0.5) is 0 Å². The molecular formula is C14H22N2O2. The predicted octanol–water partition coefficient (Wildman–Crippen LogP) is 2.80. The first kappa shape index (κ1) is 13.3. The molecule has 0 spiro atoms. The normalized spacial score (nSPS) is 17.1. The Labute approximate surface area is 108 Å². The van der Waals surface area contributed by atoms with Crippen molar-refractivity contribution in [3.05, 3.63) is 17.7 Å². The lowest BCUT2D eigenvalue weighted by atomic mass is 9.98. The van der Waals surface area contributed by atoms with E-state index in [9.17, 15) is 5.11 Å². The molecule has 1 aliphatic carbocycles. The fraction of sp³-hybridized carbons (Fsp3) is 0.714. The number of nitrogens with zero attached hydrogens (tertiary/aromatic N) is 2. The van der Waals surface area contributed by atoms with E-state index >= 15 is 0 Å². The van der Waals surface area contributed by atoms with E-state index < -0.39 is 0 Å². The number of aliphatic hydroxyl groups is 1. The summed E-state index contributed by atoms with van der Waals surface area (Å²) in [7, 11) is 0. The van der Waals surface area contributed by atoms with Crippen LogP contribution in [0.2, 0.25) is 0 Å². The van der Waals surface area contributed by atoms with Crippen LogP contribution in [0, 0.1) is 0 Å². The van der Waals surface area contributed by atoms with Gasteiger partial charge < -0.3 is 9.84 Å². The first-order chi connectivity index (χ1) is 8.70. The molecule has 4 nitrogen and oxygen atoms in total. The van der Waals surface area contributed by atoms with Gasteiger partial charge in [-0.05, 0) is 25.7 Å². The Morgan fingerprint density at radius 3 is 2.67 bits per heavy atom. The van der Waals surface area contributed by atoms with Gasteiger partial charge in [0.25, 0.3) is 0 Å². The van der Waals surface area contributed by atoms with E-state index in [1.165, 1.54) is 19.3 Å². The van der Waals surface area contributed by atoms with Crippen LogP contribution < -0.4 is 4.74 Å². The minimum atomic E-state index is -0.0930. The predicted molar refractivity (Wildman–Crippen MR) is 69.5 cm³/mol. The van der Waals surface area contributed by atoms with E-state index in [0.717, 1.165) is 18.7 Å². The summed E-state index contributed by atoms with van der Waals surface area (Å²) >= 11 is 0. The molecule has 1 saturated carbocycles. The zero-order chi connectivity index (χ0) is 13.0. The van der Waals surface area contributed by atoms with Crippen molar-refractivity contribution < 1.29 is 9.84 Å². The molecule has 1 aliphatic rings. The summed E-state index contributed by atoms with van der Waals surface area (Å²) < 4.78 is 5.93. The van der Waals surface area contributed by atoms with Crippen molar-refractivity contribution in [1.29, 1.82) is 0 Å². The maximum atomic E-state index is 9.38. The number of aliphatic hydroxyl groups excluding tert-OH is 1. The molecule has 2 rings (SSSR count). The molecule has 0 radical (unpaired) electrons. The zero-order valence-corrected chi connectivity index (χ0v) is 11.2. The Morgan fingerprint density at radius 2 is 2.06 bits per heavy atom. The molecule has 0 aliphatic heterocycles. The van der Waals surface area contributed by atoms with Crippen LogP contribution in [0.25, 0.3) is 0 Å². The Hall–Kier alpha value is -1.16. The summed E-state index contributed by atoms with van der Waals surface area (Å²) in [5.74, 6) is 1.67. The summed E-state index contributed by atoms with van der Waals surface area (Å²) in [4.78, 5) is 8.68. The van der Waals surface area contributed by atoms with Crippen molar-refractivity contribution >= 4 is 0 Å². The largest absolute Gasteiger partial charge is 0.487 e. The van der Waals surface area contributed by atoms with Crippen molar-refractivity contribution in [1.82, 2.24) is 9.97 Å². The fourth-order valence-corrected chi connectivity index (χ4v) is 2.27. The molecule has 0 saturated heterocycles. The van der Waals surface area contributed by atoms with Gasteiger partial charge in [-0.3, -0.25) is 0 Å². The molecule has 4 heteroatoms. The van der Waals surface area contributed by atoms with Crippen LogP contribution in [0.15, 0.2) is 6.20 Å². The van der Waals surface area contributed by atoms with Crippen LogP contribution in [-0.2, 0) is 6.61 Å². The van der Waals surface area contributed by atoms with Gasteiger partial charge >= 0.3 is 0 Å². The molecule has 1 aromatic heterocycles. The molecule has 0 atom stereocenters. The summed E-state index contributed by atoms with van der Waals surface area (Å²) in [5.41, 5.74) is 0.610. The van der Waals surface area contributed by atoms with E-state index in [2.05, 4.69) is 9.97 Å². The highest BCUT2D eigenvalue weighted by Crippen LogP contribution is 2.25. The van der Waals surface area contributed by atoms with E-state index in [4.69, 9.17) is 4.74 Å². The Morgan fingerprint density at radius 1 is 1.33 bits per heavy atom. The van der Waals surface area contributed by atoms with Gasteiger partial charge in [0, 0.05) is 5.92 Å². The standard InChI is InChI=1S/C14H22N2O2/c1-10(2)14-15-8-13(12(9-17)16-14)18-11-6-4-3-5-7-11/h8,10-11,17H,3-7,9H2,1-2H3. The summed E-state index contributed by atoms with van der Waals surface area (Å²) in [6.07, 6.45) is 7.91. The lowest BCUT2D eigenvalue weighted by Gasteiger charge is -2.23. The van der Waals surface area contributed by atoms with Crippen LogP contribution in [-0.4, -0.2) is 21.2 Å². The van der Waals surface area contributed by atoms with Gasteiger partial charge in [-0.25, -0.2) is 9.97 Å². The van der Waals surface area contributed by atoms with Gasteiger partial charge in [-0.1, -0.05) is 20.3 Å². The lowest BCUT2D eigenvalue weighted by Crippen LogP contribution is -2.21. The number of rotatable bonds is 4. The lowest BCUT2D eigenvalue weighted by molar-refractivity contribution is 0.147. The number of ether oxygens (including phenoxy) is 1. The Bertz CT molecular complexity index is 387. The fourth-order valence-electron chi connectivity index (χ4n) is 2.27. The minimum Gasteiger partial charge on any atom is -0.487 e. The molecule has 1 aromatic rings. The third-order valence-electron chi connectivity index (χ3n) is 3.36. The minimum absolute atomic E-state index is 0.0930. The van der Waals surface area contributed by atoms with Crippen molar-refractivity contribution in [2.75, 3.05) is 0 Å². The Balaban J connectivity index is 2.11. The van der Waals surface area contributed by atoms with Crippen molar-refractivity contribution in [3.8, 4) is 5.75 Å². The maximum absolute atomic E-state index is 9.38. The second kappa shape index (κ2) is 6.14. The summed E-state index contributed by atoms with van der Waals surface area (Å²) in [5, 5.41) is 9.38. The van der Waals surface area contributed by atoms with E-state index in [1.54, 1.807) is 6.20 Å². The topological polar surface area (TPSA) is 55.2 Å². The average molecular weight is 250 g/mol. The Kier molecular flexibility index (Phi) is 4.53. The highest BCUT2D eigenvalue weighted by atomic mass is 16.5. The SMILES string of the molecule is CC(C)c1ncc(OC2CCCCC2)c(CO)n1. The molecule has 0 bridgehead atoms. The second-order valence-corrected chi connectivity index (χ2v) is 5.23. The summed E-state index contributed by atoms with van der Waals surface area (Å²) in [6, 6.07) is 0. The second-order valence-electron chi connectivity index (χ2n) is 5.23. The van der Waals surface area contributed by atoms with Gasteiger partial charge in [0.1, 0.15) is 11.5 Å². The van der Waals surface area contributed by atoms with Gasteiger partial charge in [-0.15, -0.1) is 0 Å². The number of hydrogen-bond acceptors (Lipinski definition) is 4. The number of hydrogen-bond donors (Lipinski definition) is 1. The monoisotopic (exact) mass is 250 g/mol. The molecule has 18 heavy (non-hydrogen) atoms. The van der Waals surface area contributed by atoms with Crippen LogP contribution in [0.1, 0.15) is 63.4 Å². The number of aromatic nitrogens is 2. The van der Waals surface area contributed by atoms with Gasteiger partial charge in [0.15, 0.2) is 5.75 Å². The van der Waals surface area contributed by atoms with Crippen LogP contribution >= 0.6 is 0 Å². The van der Waals surface area contributed by atoms with E-state index in [0.29, 0.717) is 11.4 Å². The maximum Gasteiger partial charge on any atom is 0.161 e. The van der Waals surface area contributed by atoms with E-state index in [-0.39, 0.29) is 18.6 Å². The molecule has 100 valence electrons. The van der Waals surface area contributed by atoms with Gasteiger partial charge in [-0.2, -0.15) is 0 Å². The molecule has 0 unspecified atom stereocenters. The van der Waals surface area contributed by atoms with Gasteiger partial charge in [0.2, 0.25) is 0 Å². The third-order valence-corrected chi connectivity index (χ3v) is 3.36. The van der Waals surface area contributed by atoms with Crippen LogP contribution in [0.3, 0.4) is 0 Å². The molecule has 0 aromatic carbocycles. The first-order valence-electron chi connectivity index (χ1n) is 6.84. The van der Waals surface area contributed by atoms with Crippen molar-refractivity contribution in [2.24, 2.45) is 0 Å². The van der Waals surface area contributed by atoms with E-state index in [1.807, 2.05) is 13.8 Å². The molecule has 1 fully saturated rings. The average Bonchev–Trinajstić information content (AvgIpc) is 2.40. The van der Waals surface area contributed by atoms with Crippen LogP contribution in [0.5, 0.6) is 5.75 Å². The van der Waals surface area contributed by atoms with Crippen molar-refractivity contribution in [3.63, 3.8) is 0 Å². The zero-order valence-electron chi connectivity index (χ0n) is 11.2. The van der Waals surface area contributed by atoms with Gasteiger partial charge in [0.05, 0.1) is 18.9 Å². The smallest absolute Gasteiger partial charge is 0.161 e. The molecule has 0 amide bonds. The first-order valence-corrected chi connectivity index (χ1v) is 6.84. The summed E-state index contributed by atoms with van der Waals surface area (Å²) in [6.45, 7) is 3.99. The highest BCUT2D eigenvalue weighted by molar-refractivity contribution is 5.25. The quantitative estimate of drug-likeness (QED) is 0.892. The molecular weight excluding hydrogens is 228 g/mol. The highest BCUT2D eigenvalue weighted by Gasteiger charge is 2.18. The molecule has 1 N–H and O–H groups in total.